The van der Waals surface area contributed by atoms with Gasteiger partial charge in [-0.25, -0.2) is 0 Å². The fraction of sp³-hybridized carbons (Fsp3) is 0. The fourth-order valence-corrected chi connectivity index (χ4v) is 0. The molecule has 0 unspecified atom stereocenters. The van der Waals surface area contributed by atoms with Gasteiger partial charge in [0.25, 0.3) is 0 Å². The molecule has 0 aliphatic heterocycles. The molecule has 0 bridgehead atoms. The summed E-state index contributed by atoms with van der Waals surface area (Å²) in [5.41, 5.74) is 0. The summed E-state index contributed by atoms with van der Waals surface area (Å²) in [6, 6.07) is 0. The molecule has 0 atom stereocenters. The van der Waals surface area contributed by atoms with Crippen LogP contribution in [0.4, 0.5) is 0 Å². The van der Waals surface area contributed by atoms with Crippen LogP contribution < -0.4 is 0 Å². The molecule has 7 heavy (non-hydrogen) atoms. The highest BCUT2D eigenvalue weighted by atomic mass is 31.0. The molecule has 43 valence electrons. The van der Waals surface area contributed by atoms with E-state index >= 15 is 0 Å². The maximum Gasteiger partial charge on any atom is 0.668 e. The zero-order valence-corrected chi connectivity index (χ0v) is 4.63. The van der Waals surface area contributed by atoms with Gasteiger partial charge in [0, 0.05) is 9.90 Å². The summed E-state index contributed by atoms with van der Waals surface area (Å²) < 4.78 is 0. The first kappa shape index (κ1) is 15.7. The smallest absolute Gasteiger partial charge is 0.368 e. The molecule has 4 N–H and O–H groups in total. The molecule has 0 spiro atoms. The number of rotatable bonds is 0. The van der Waals surface area contributed by atoms with Gasteiger partial charge < -0.3 is 19.2 Å². The molecular weight excluding hydrogens is 150 g/mol. The SMILES string of the molecule is O[Si](O)(O)O.[AlH3].[P]. The monoisotopic (exact) mass is 157 g/mol. The third kappa shape index (κ3) is 170. The second kappa shape index (κ2) is 5.16. The zero-order chi connectivity index (χ0) is 4.50. The van der Waals surface area contributed by atoms with E-state index in [1.807, 2.05) is 0 Å². The number of hydrogen-bond acceptors (Lipinski definition) is 4. The van der Waals surface area contributed by atoms with E-state index in [2.05, 4.69) is 0 Å². The molecule has 3 radical (unpaired) electrons. The largest absolute Gasteiger partial charge is 0.668 e. The minimum Gasteiger partial charge on any atom is -0.368 e. The van der Waals surface area contributed by atoms with E-state index in [4.69, 9.17) is 19.2 Å². The standard InChI is InChI=1S/Al.H4O4Si.P.3H/c;1-5(2,3)4;;;;/h;1-4H;;;;. The quantitative estimate of drug-likeness (QED) is 0.224. The third-order valence-electron chi connectivity index (χ3n) is 0. The molecule has 0 saturated heterocycles. The van der Waals surface area contributed by atoms with Crippen molar-refractivity contribution >= 4 is 36.3 Å². The lowest BCUT2D eigenvalue weighted by Gasteiger charge is -1.91. The fourth-order valence-electron chi connectivity index (χ4n) is 0. The Labute approximate surface area is 56.0 Å². The Morgan fingerprint density at radius 3 is 0.857 bits per heavy atom. The van der Waals surface area contributed by atoms with Gasteiger partial charge in [-0.2, -0.15) is 0 Å². The molecule has 7 heteroatoms. The molecule has 0 saturated carbocycles. The van der Waals surface area contributed by atoms with Crippen LogP contribution in [0.5, 0.6) is 0 Å². The van der Waals surface area contributed by atoms with Gasteiger partial charge in [0.1, 0.15) is 0 Å². The molecule has 0 aromatic carbocycles. The first-order valence-electron chi connectivity index (χ1n) is 0.894. The molecule has 0 amide bonds. The van der Waals surface area contributed by atoms with Crippen LogP contribution in [0.3, 0.4) is 0 Å². The highest BCUT2D eigenvalue weighted by Gasteiger charge is 2.22. The van der Waals surface area contributed by atoms with Crippen molar-refractivity contribution in [2.24, 2.45) is 0 Å². The maximum atomic E-state index is 7.33. The molecule has 0 aromatic heterocycles. The average molecular weight is 157 g/mol. The van der Waals surface area contributed by atoms with Crippen LogP contribution in [0.15, 0.2) is 0 Å². The van der Waals surface area contributed by atoms with Gasteiger partial charge >= 0.3 is 9.05 Å². The summed E-state index contributed by atoms with van der Waals surface area (Å²) in [6.45, 7) is 0. The van der Waals surface area contributed by atoms with Gasteiger partial charge in [-0.1, -0.05) is 0 Å². The first-order chi connectivity index (χ1) is 2.00. The molecule has 0 rings (SSSR count). The van der Waals surface area contributed by atoms with Crippen LogP contribution in [-0.4, -0.2) is 45.6 Å². The Morgan fingerprint density at radius 1 is 0.857 bits per heavy atom. The van der Waals surface area contributed by atoms with Gasteiger partial charge in [-0.05, 0) is 0 Å². The summed E-state index contributed by atoms with van der Waals surface area (Å²) in [4.78, 5) is 29.3. The lowest BCUT2D eigenvalue weighted by atomic mass is 15.7. The Balaban J connectivity index is -0.0000000800. The van der Waals surface area contributed by atoms with Crippen LogP contribution in [0.25, 0.3) is 0 Å². The van der Waals surface area contributed by atoms with E-state index in [9.17, 15) is 0 Å². The van der Waals surface area contributed by atoms with Crippen molar-refractivity contribution < 1.29 is 19.2 Å². The summed E-state index contributed by atoms with van der Waals surface area (Å²) in [7, 11) is -4.61. The molecule has 0 fully saturated rings. The van der Waals surface area contributed by atoms with Crippen molar-refractivity contribution in [2.75, 3.05) is 0 Å². The third-order valence-corrected chi connectivity index (χ3v) is 0. The minimum absolute atomic E-state index is 0. The second-order valence-electron chi connectivity index (χ2n) is 0.600. The summed E-state index contributed by atoms with van der Waals surface area (Å²) >= 11 is 0. The first-order valence-corrected chi connectivity index (χ1v) is 2.68. The Bertz CT molecular complexity index is 27.2. The highest BCUT2D eigenvalue weighted by Crippen LogP contribution is 1.67. The molecular formula is H7AlO4PSi. The van der Waals surface area contributed by atoms with Crippen molar-refractivity contribution in [3.63, 3.8) is 0 Å². The number of hydrogen-bond donors (Lipinski definition) is 4. The van der Waals surface area contributed by atoms with Crippen LogP contribution >= 0.6 is 9.90 Å². The van der Waals surface area contributed by atoms with Crippen molar-refractivity contribution in [2.45, 2.75) is 0 Å². The Morgan fingerprint density at radius 2 is 0.857 bits per heavy atom. The van der Waals surface area contributed by atoms with Crippen LogP contribution in [0, 0.1) is 0 Å². The maximum absolute atomic E-state index is 7.33. The Hall–Kier alpha value is 1.02. The predicted octanol–water partition coefficient (Wildman–Crippen LogP) is -2.93. The molecule has 0 aliphatic rings. The molecule has 4 nitrogen and oxygen atoms in total. The van der Waals surface area contributed by atoms with Crippen molar-refractivity contribution in [3.8, 4) is 0 Å². The van der Waals surface area contributed by atoms with Crippen LogP contribution in [0.2, 0.25) is 0 Å². The van der Waals surface area contributed by atoms with E-state index in [1.165, 1.54) is 0 Å². The molecule has 0 aromatic rings. The molecule has 0 aliphatic carbocycles. The summed E-state index contributed by atoms with van der Waals surface area (Å²) in [5, 5.41) is 0. The summed E-state index contributed by atoms with van der Waals surface area (Å²) in [5.74, 6) is 0. The van der Waals surface area contributed by atoms with E-state index < -0.39 is 9.05 Å². The zero-order valence-electron chi connectivity index (χ0n) is 2.74. The van der Waals surface area contributed by atoms with E-state index in [-0.39, 0.29) is 27.3 Å². The van der Waals surface area contributed by atoms with E-state index in [0.717, 1.165) is 0 Å². The topological polar surface area (TPSA) is 80.9 Å². The van der Waals surface area contributed by atoms with Gasteiger partial charge in [-0.3, -0.25) is 0 Å². The van der Waals surface area contributed by atoms with Gasteiger partial charge in [0.15, 0.2) is 17.4 Å². The van der Waals surface area contributed by atoms with Gasteiger partial charge in [0.05, 0.1) is 0 Å². The van der Waals surface area contributed by atoms with E-state index in [0.29, 0.717) is 0 Å². The van der Waals surface area contributed by atoms with Crippen molar-refractivity contribution in [1.29, 1.82) is 0 Å². The highest BCUT2D eigenvalue weighted by molar-refractivity contribution is 6.92. The summed E-state index contributed by atoms with van der Waals surface area (Å²) in [6.07, 6.45) is 0. The van der Waals surface area contributed by atoms with Gasteiger partial charge in [-0.15, -0.1) is 0 Å². The predicted molar refractivity (Wildman–Crippen MR) is 31.5 cm³/mol. The normalized spacial score (nSPS) is 8.57. The second-order valence-corrected chi connectivity index (χ2v) is 1.80. The minimum atomic E-state index is -4.61. The molecule has 0 heterocycles. The van der Waals surface area contributed by atoms with Gasteiger partial charge in [0.2, 0.25) is 0 Å². The van der Waals surface area contributed by atoms with Crippen LogP contribution in [-0.2, 0) is 0 Å². The van der Waals surface area contributed by atoms with E-state index in [1.54, 1.807) is 0 Å². The Kier molecular flexibility index (Phi) is 11.6. The van der Waals surface area contributed by atoms with Crippen molar-refractivity contribution in [3.05, 3.63) is 0 Å². The lowest BCUT2D eigenvalue weighted by molar-refractivity contribution is 0.117. The van der Waals surface area contributed by atoms with Crippen LogP contribution in [0.1, 0.15) is 0 Å². The lowest BCUT2D eigenvalue weighted by Crippen LogP contribution is -2.33. The van der Waals surface area contributed by atoms with Crippen molar-refractivity contribution in [1.82, 2.24) is 0 Å². The average Bonchev–Trinajstić information content (AvgIpc) is 0.722.